The van der Waals surface area contributed by atoms with Crippen LogP contribution in [0.5, 0.6) is 0 Å². The topological polar surface area (TPSA) is 95.5 Å². The van der Waals surface area contributed by atoms with E-state index in [9.17, 15) is 14.4 Å². The molecule has 2 amide bonds. The first-order valence-electron chi connectivity index (χ1n) is 10.3. The van der Waals surface area contributed by atoms with Crippen LogP contribution in [0.25, 0.3) is 0 Å². The standard InChI is InChI=1S/C23H28N2O4S/c1-14-8-9-17-18(10-14)30-23(25-19(26)11-15(2)12-20(27)28)21(17)22(29)24-13-16-6-4-3-5-7-16/h3-7,14-15H,8-13H2,1-2H3,(H,24,29)(H,25,26)(H,27,28)/t14-,15-/m0/s1. The summed E-state index contributed by atoms with van der Waals surface area (Å²) >= 11 is 1.48. The molecule has 0 saturated carbocycles. The number of carbonyl (C=O) groups excluding carboxylic acids is 2. The van der Waals surface area contributed by atoms with E-state index < -0.39 is 5.97 Å². The number of carbonyl (C=O) groups is 3. The number of anilines is 1. The Bertz CT molecular complexity index is 923. The van der Waals surface area contributed by atoms with E-state index in [1.54, 1.807) is 6.92 Å². The number of hydrogen-bond donors (Lipinski definition) is 3. The molecule has 30 heavy (non-hydrogen) atoms. The van der Waals surface area contributed by atoms with E-state index in [1.165, 1.54) is 11.3 Å². The number of nitrogens with one attached hydrogen (secondary N) is 2. The lowest BCUT2D eigenvalue weighted by Gasteiger charge is -2.18. The van der Waals surface area contributed by atoms with Crippen molar-refractivity contribution in [3.8, 4) is 0 Å². The zero-order valence-electron chi connectivity index (χ0n) is 17.4. The number of thiophene rings is 1. The van der Waals surface area contributed by atoms with Gasteiger partial charge in [-0.1, -0.05) is 44.2 Å². The maximum atomic E-state index is 13.1. The molecule has 0 bridgehead atoms. The van der Waals surface area contributed by atoms with Crippen LogP contribution in [0.1, 0.15) is 59.5 Å². The number of aliphatic carboxylic acids is 1. The van der Waals surface area contributed by atoms with Gasteiger partial charge in [-0.25, -0.2) is 0 Å². The monoisotopic (exact) mass is 428 g/mol. The Morgan fingerprint density at radius 3 is 2.63 bits per heavy atom. The Balaban J connectivity index is 1.77. The second-order valence-corrected chi connectivity index (χ2v) is 9.28. The van der Waals surface area contributed by atoms with Crippen LogP contribution in [0.4, 0.5) is 5.00 Å². The molecule has 2 atom stereocenters. The number of amides is 2. The van der Waals surface area contributed by atoms with Crippen molar-refractivity contribution in [2.45, 2.75) is 52.5 Å². The summed E-state index contributed by atoms with van der Waals surface area (Å²) in [5, 5.41) is 15.4. The van der Waals surface area contributed by atoms with Crippen LogP contribution in [-0.4, -0.2) is 22.9 Å². The van der Waals surface area contributed by atoms with E-state index in [2.05, 4.69) is 17.6 Å². The number of carboxylic acids is 1. The summed E-state index contributed by atoms with van der Waals surface area (Å²) in [7, 11) is 0. The van der Waals surface area contributed by atoms with Gasteiger partial charge in [0.05, 0.1) is 5.56 Å². The molecule has 160 valence electrons. The second-order valence-electron chi connectivity index (χ2n) is 8.18. The Morgan fingerprint density at radius 2 is 1.93 bits per heavy atom. The fraction of sp³-hybridized carbons (Fsp3) is 0.435. The third kappa shape index (κ3) is 5.69. The third-order valence-electron chi connectivity index (χ3n) is 5.34. The average molecular weight is 429 g/mol. The molecule has 6 nitrogen and oxygen atoms in total. The van der Waals surface area contributed by atoms with Crippen LogP contribution in [0.15, 0.2) is 30.3 Å². The van der Waals surface area contributed by atoms with Crippen LogP contribution in [0.3, 0.4) is 0 Å². The van der Waals surface area contributed by atoms with E-state index >= 15 is 0 Å². The van der Waals surface area contributed by atoms with Gasteiger partial charge in [0.25, 0.3) is 5.91 Å². The Morgan fingerprint density at radius 1 is 1.20 bits per heavy atom. The largest absolute Gasteiger partial charge is 0.481 e. The molecule has 1 aromatic heterocycles. The van der Waals surface area contributed by atoms with Crippen LogP contribution in [0, 0.1) is 11.8 Å². The number of carboxylic acid groups (broad SMARTS) is 1. The lowest BCUT2D eigenvalue weighted by Crippen LogP contribution is -2.26. The smallest absolute Gasteiger partial charge is 0.303 e. The molecule has 0 spiro atoms. The molecule has 1 aromatic carbocycles. The highest BCUT2D eigenvalue weighted by Gasteiger charge is 2.28. The Kier molecular flexibility index (Phi) is 7.26. The lowest BCUT2D eigenvalue weighted by atomic mass is 9.88. The minimum atomic E-state index is -0.920. The minimum absolute atomic E-state index is 0.0592. The van der Waals surface area contributed by atoms with Crippen molar-refractivity contribution in [1.29, 1.82) is 0 Å². The van der Waals surface area contributed by atoms with Crippen molar-refractivity contribution in [1.82, 2.24) is 5.32 Å². The van der Waals surface area contributed by atoms with Crippen molar-refractivity contribution in [2.75, 3.05) is 5.32 Å². The van der Waals surface area contributed by atoms with Crippen molar-refractivity contribution in [2.24, 2.45) is 11.8 Å². The van der Waals surface area contributed by atoms with E-state index in [0.29, 0.717) is 23.0 Å². The summed E-state index contributed by atoms with van der Waals surface area (Å²) in [5.41, 5.74) is 2.62. The highest BCUT2D eigenvalue weighted by Crippen LogP contribution is 2.39. The second kappa shape index (κ2) is 9.89. The van der Waals surface area contributed by atoms with Crippen molar-refractivity contribution in [3.05, 3.63) is 51.9 Å². The van der Waals surface area contributed by atoms with Crippen molar-refractivity contribution >= 4 is 34.1 Å². The highest BCUT2D eigenvalue weighted by atomic mass is 32.1. The first-order chi connectivity index (χ1) is 14.3. The van der Waals surface area contributed by atoms with Crippen LogP contribution in [0.2, 0.25) is 0 Å². The molecule has 0 unspecified atom stereocenters. The van der Waals surface area contributed by atoms with Gasteiger partial charge in [-0.2, -0.15) is 0 Å². The molecular weight excluding hydrogens is 400 g/mol. The van der Waals surface area contributed by atoms with Gasteiger partial charge < -0.3 is 15.7 Å². The SMILES string of the molecule is C[C@H](CC(=O)O)CC(=O)Nc1sc2c(c1C(=O)NCc1ccccc1)CC[C@H](C)C2. The molecule has 0 aliphatic heterocycles. The molecule has 0 radical (unpaired) electrons. The number of hydrogen-bond acceptors (Lipinski definition) is 4. The van der Waals surface area contributed by atoms with Crippen LogP contribution >= 0.6 is 11.3 Å². The van der Waals surface area contributed by atoms with Gasteiger partial charge >= 0.3 is 5.97 Å². The first-order valence-corrected chi connectivity index (χ1v) is 11.1. The van der Waals surface area contributed by atoms with Gasteiger partial charge in [0, 0.05) is 24.3 Å². The Hall–Kier alpha value is -2.67. The summed E-state index contributed by atoms with van der Waals surface area (Å²) in [6.45, 7) is 4.36. The van der Waals surface area contributed by atoms with E-state index in [0.717, 1.165) is 35.3 Å². The number of benzene rings is 1. The molecule has 3 N–H and O–H groups in total. The maximum Gasteiger partial charge on any atom is 0.303 e. The summed E-state index contributed by atoms with van der Waals surface area (Å²) in [4.78, 5) is 37.6. The van der Waals surface area contributed by atoms with Gasteiger partial charge in [-0.3, -0.25) is 14.4 Å². The molecule has 2 aromatic rings. The van der Waals surface area contributed by atoms with E-state index in [4.69, 9.17) is 5.11 Å². The fourth-order valence-electron chi connectivity index (χ4n) is 3.81. The van der Waals surface area contributed by atoms with Gasteiger partial charge in [0.1, 0.15) is 5.00 Å². The Labute approximate surface area is 180 Å². The summed E-state index contributed by atoms with van der Waals surface area (Å²) < 4.78 is 0. The summed E-state index contributed by atoms with van der Waals surface area (Å²) in [5.74, 6) is -1.08. The lowest BCUT2D eigenvalue weighted by molar-refractivity contribution is -0.138. The van der Waals surface area contributed by atoms with Gasteiger partial charge in [-0.15, -0.1) is 11.3 Å². The first kappa shape index (κ1) is 22.0. The van der Waals surface area contributed by atoms with Crippen molar-refractivity contribution < 1.29 is 19.5 Å². The average Bonchev–Trinajstić information content (AvgIpc) is 3.02. The van der Waals surface area contributed by atoms with Crippen LogP contribution < -0.4 is 10.6 Å². The fourth-order valence-corrected chi connectivity index (χ4v) is 5.23. The summed E-state index contributed by atoms with van der Waals surface area (Å²) in [6.07, 6.45) is 2.80. The predicted molar refractivity (Wildman–Crippen MR) is 118 cm³/mol. The predicted octanol–water partition coefficient (Wildman–Crippen LogP) is 4.24. The zero-order chi connectivity index (χ0) is 21.7. The zero-order valence-corrected chi connectivity index (χ0v) is 18.2. The third-order valence-corrected chi connectivity index (χ3v) is 6.51. The molecule has 7 heteroatoms. The maximum absolute atomic E-state index is 13.1. The highest BCUT2D eigenvalue weighted by molar-refractivity contribution is 7.17. The van der Waals surface area contributed by atoms with Crippen LogP contribution in [-0.2, 0) is 29.0 Å². The molecular formula is C23H28N2O4S. The quantitative estimate of drug-likeness (QED) is 0.586. The molecule has 0 saturated heterocycles. The van der Waals surface area contributed by atoms with Crippen molar-refractivity contribution in [3.63, 3.8) is 0 Å². The molecule has 1 heterocycles. The minimum Gasteiger partial charge on any atom is -0.481 e. The molecule has 1 aliphatic rings. The molecule has 3 rings (SSSR count). The summed E-state index contributed by atoms with van der Waals surface area (Å²) in [6, 6.07) is 9.70. The van der Waals surface area contributed by atoms with E-state index in [-0.39, 0.29) is 30.6 Å². The van der Waals surface area contributed by atoms with Gasteiger partial charge in [0.2, 0.25) is 5.91 Å². The number of fused-ring (bicyclic) bond motifs is 1. The number of rotatable bonds is 8. The normalized spacial score (nSPS) is 16.4. The molecule has 0 fully saturated rings. The van der Waals surface area contributed by atoms with Gasteiger partial charge in [0.15, 0.2) is 0 Å². The van der Waals surface area contributed by atoms with Gasteiger partial charge in [-0.05, 0) is 42.2 Å². The van der Waals surface area contributed by atoms with E-state index in [1.807, 2.05) is 30.3 Å². The molecule has 1 aliphatic carbocycles.